The largest absolute Gasteiger partial charge is 0.573 e. The van der Waals surface area contributed by atoms with E-state index in [0.717, 1.165) is 5.56 Å². The highest BCUT2D eigenvalue weighted by atomic mass is 19.4. The molecule has 0 amide bonds. The number of hydrogen-bond acceptors (Lipinski definition) is 6. The fourth-order valence-electron chi connectivity index (χ4n) is 2.63. The van der Waals surface area contributed by atoms with Gasteiger partial charge >= 0.3 is 6.36 Å². The summed E-state index contributed by atoms with van der Waals surface area (Å²) in [6.07, 6.45) is -1.56. The number of rotatable bonds is 6. The van der Waals surface area contributed by atoms with Crippen molar-refractivity contribution in [1.82, 2.24) is 19.9 Å². The molecule has 0 saturated carbocycles. The van der Waals surface area contributed by atoms with E-state index in [2.05, 4.69) is 20.1 Å². The van der Waals surface area contributed by atoms with E-state index in [0.29, 0.717) is 35.6 Å². The molecule has 0 atom stereocenters. The van der Waals surface area contributed by atoms with Crippen LogP contribution >= 0.6 is 0 Å². The van der Waals surface area contributed by atoms with E-state index >= 15 is 0 Å². The number of benzene rings is 2. The second kappa shape index (κ2) is 7.22. The number of hydrogen-bond donors (Lipinski definition) is 0. The second-order valence-corrected chi connectivity index (χ2v) is 5.82. The molecular formula is C18H13F3N4O3. The predicted molar refractivity (Wildman–Crippen MR) is 91.6 cm³/mol. The van der Waals surface area contributed by atoms with E-state index < -0.39 is 6.36 Å². The summed E-state index contributed by atoms with van der Waals surface area (Å²) in [4.78, 5) is 0. The van der Waals surface area contributed by atoms with Crippen LogP contribution in [0.5, 0.6) is 11.6 Å². The molecule has 0 aliphatic rings. The maximum atomic E-state index is 12.3. The fourth-order valence-corrected chi connectivity index (χ4v) is 2.63. The summed E-state index contributed by atoms with van der Waals surface area (Å²) in [7, 11) is 0. The van der Waals surface area contributed by atoms with Crippen molar-refractivity contribution in [3.8, 4) is 22.8 Å². The van der Waals surface area contributed by atoms with E-state index in [1.165, 1.54) is 12.1 Å². The molecule has 7 nitrogen and oxygen atoms in total. The van der Waals surface area contributed by atoms with Crippen molar-refractivity contribution in [2.75, 3.05) is 6.61 Å². The molecule has 144 valence electrons. The maximum absolute atomic E-state index is 12.3. The maximum Gasteiger partial charge on any atom is 0.573 e. The van der Waals surface area contributed by atoms with Crippen LogP contribution in [0.15, 0.2) is 59.6 Å². The molecule has 0 N–H and O–H groups in total. The summed E-state index contributed by atoms with van der Waals surface area (Å²) in [5.41, 5.74) is 2.03. The van der Waals surface area contributed by atoms with Crippen molar-refractivity contribution in [2.45, 2.75) is 12.9 Å². The first-order valence-corrected chi connectivity index (χ1v) is 8.19. The molecule has 0 bridgehead atoms. The average Bonchev–Trinajstić information content (AvgIpc) is 3.31. The topological polar surface area (TPSA) is 75.2 Å². The van der Waals surface area contributed by atoms with Crippen LogP contribution in [0.3, 0.4) is 0 Å². The van der Waals surface area contributed by atoms with E-state index in [9.17, 15) is 13.2 Å². The van der Waals surface area contributed by atoms with Gasteiger partial charge in [-0.1, -0.05) is 18.2 Å². The van der Waals surface area contributed by atoms with Gasteiger partial charge in [-0.15, -0.1) is 23.4 Å². The Balaban J connectivity index is 1.52. The molecule has 4 rings (SSSR count). The van der Waals surface area contributed by atoms with E-state index in [-0.39, 0.29) is 5.75 Å². The standard InChI is InChI=1S/C18H13F3N4O3/c19-18(20,21)27-14-4-1-12(2-5-14)13-3-6-16-15(9-13)17(24-28-16)26-8-7-25-10-22-23-11-25/h1-6,9-11H,7-8H2. The molecule has 0 fully saturated rings. The number of aromatic nitrogens is 4. The van der Waals surface area contributed by atoms with Gasteiger partial charge in [0, 0.05) is 0 Å². The van der Waals surface area contributed by atoms with E-state index in [4.69, 9.17) is 9.26 Å². The monoisotopic (exact) mass is 390 g/mol. The van der Waals surface area contributed by atoms with E-state index in [1.54, 1.807) is 47.6 Å². The van der Waals surface area contributed by atoms with Gasteiger partial charge in [0.25, 0.3) is 5.88 Å². The van der Waals surface area contributed by atoms with Gasteiger partial charge in [-0.25, -0.2) is 0 Å². The van der Waals surface area contributed by atoms with Gasteiger partial charge in [0.2, 0.25) is 0 Å². The number of fused-ring (bicyclic) bond motifs is 1. The summed E-state index contributed by atoms with van der Waals surface area (Å²) in [5.74, 6) is 0.0577. The number of ether oxygens (including phenoxy) is 2. The normalized spacial score (nSPS) is 11.7. The lowest BCUT2D eigenvalue weighted by Gasteiger charge is -2.09. The van der Waals surface area contributed by atoms with Crippen LogP contribution < -0.4 is 9.47 Å². The van der Waals surface area contributed by atoms with Gasteiger partial charge in [-0.3, -0.25) is 0 Å². The van der Waals surface area contributed by atoms with Crippen LogP contribution in [-0.4, -0.2) is 32.9 Å². The third kappa shape index (κ3) is 4.05. The lowest BCUT2D eigenvalue weighted by molar-refractivity contribution is -0.274. The molecule has 2 aromatic heterocycles. The molecule has 28 heavy (non-hydrogen) atoms. The van der Waals surface area contributed by atoms with Crippen LogP contribution in [0.4, 0.5) is 13.2 Å². The minimum absolute atomic E-state index is 0.277. The van der Waals surface area contributed by atoms with Crippen molar-refractivity contribution in [3.05, 3.63) is 55.1 Å². The quantitative estimate of drug-likeness (QED) is 0.494. The SMILES string of the molecule is FC(F)(F)Oc1ccc(-c2ccc3onc(OCCn4cnnc4)c3c2)cc1. The highest BCUT2D eigenvalue weighted by Crippen LogP contribution is 2.31. The third-order valence-corrected chi connectivity index (χ3v) is 3.91. The highest BCUT2D eigenvalue weighted by molar-refractivity contribution is 5.87. The van der Waals surface area contributed by atoms with Crippen molar-refractivity contribution >= 4 is 11.0 Å². The molecule has 0 radical (unpaired) electrons. The minimum Gasteiger partial charge on any atom is -0.473 e. The predicted octanol–water partition coefficient (Wildman–Crippen LogP) is 4.06. The van der Waals surface area contributed by atoms with Crippen LogP contribution in [0.1, 0.15) is 0 Å². The fraction of sp³-hybridized carbons (Fsp3) is 0.167. The van der Waals surface area contributed by atoms with Crippen LogP contribution in [0.25, 0.3) is 22.1 Å². The van der Waals surface area contributed by atoms with Crippen molar-refractivity contribution in [3.63, 3.8) is 0 Å². The molecule has 0 aliphatic carbocycles. The molecule has 0 aliphatic heterocycles. The first kappa shape index (κ1) is 17.8. The Labute approximate surface area is 156 Å². The summed E-state index contributed by atoms with van der Waals surface area (Å²) >= 11 is 0. The molecule has 0 spiro atoms. The zero-order valence-electron chi connectivity index (χ0n) is 14.3. The molecule has 2 heterocycles. The Morgan fingerprint density at radius 3 is 2.39 bits per heavy atom. The molecular weight excluding hydrogens is 377 g/mol. The third-order valence-electron chi connectivity index (χ3n) is 3.91. The number of halogens is 3. The average molecular weight is 390 g/mol. The Morgan fingerprint density at radius 1 is 0.964 bits per heavy atom. The molecule has 0 saturated heterocycles. The smallest absolute Gasteiger partial charge is 0.473 e. The molecule has 10 heteroatoms. The lowest BCUT2D eigenvalue weighted by Crippen LogP contribution is -2.16. The summed E-state index contributed by atoms with van der Waals surface area (Å²) in [6, 6.07) is 10.9. The summed E-state index contributed by atoms with van der Waals surface area (Å²) in [5, 5.41) is 12.0. The van der Waals surface area contributed by atoms with Crippen molar-refractivity contribution in [1.29, 1.82) is 0 Å². The highest BCUT2D eigenvalue weighted by Gasteiger charge is 2.30. The van der Waals surface area contributed by atoms with Crippen LogP contribution in [0.2, 0.25) is 0 Å². The van der Waals surface area contributed by atoms with Gasteiger partial charge in [0.1, 0.15) is 25.0 Å². The van der Waals surface area contributed by atoms with Crippen LogP contribution in [0, 0.1) is 0 Å². The number of nitrogens with zero attached hydrogens (tertiary/aromatic N) is 4. The first-order valence-electron chi connectivity index (χ1n) is 8.19. The number of alkyl halides is 3. The zero-order chi connectivity index (χ0) is 19.6. The van der Waals surface area contributed by atoms with Crippen LogP contribution in [-0.2, 0) is 6.54 Å². The van der Waals surface area contributed by atoms with Gasteiger partial charge in [-0.05, 0) is 40.5 Å². The Hall–Kier alpha value is -3.56. The van der Waals surface area contributed by atoms with Gasteiger partial charge in [0.05, 0.1) is 11.9 Å². The van der Waals surface area contributed by atoms with Crippen molar-refractivity contribution < 1.29 is 27.2 Å². The van der Waals surface area contributed by atoms with Gasteiger partial charge < -0.3 is 18.6 Å². The second-order valence-electron chi connectivity index (χ2n) is 5.82. The lowest BCUT2D eigenvalue weighted by atomic mass is 10.0. The first-order chi connectivity index (χ1) is 13.5. The Bertz CT molecular complexity index is 1060. The molecule has 0 unspecified atom stereocenters. The summed E-state index contributed by atoms with van der Waals surface area (Å²) < 4.78 is 53.4. The zero-order valence-corrected chi connectivity index (χ0v) is 14.3. The van der Waals surface area contributed by atoms with E-state index in [1.807, 2.05) is 0 Å². The Morgan fingerprint density at radius 2 is 1.68 bits per heavy atom. The van der Waals surface area contributed by atoms with Gasteiger partial charge in [0.15, 0.2) is 5.58 Å². The summed E-state index contributed by atoms with van der Waals surface area (Å²) in [6.45, 7) is 0.884. The Kier molecular flexibility index (Phi) is 4.60. The van der Waals surface area contributed by atoms with Crippen molar-refractivity contribution in [2.24, 2.45) is 0 Å². The molecule has 2 aromatic carbocycles. The molecule has 4 aromatic rings. The minimum atomic E-state index is -4.72. The van der Waals surface area contributed by atoms with Gasteiger partial charge in [-0.2, -0.15) is 0 Å².